The first-order chi connectivity index (χ1) is 16.8. The van der Waals surface area contributed by atoms with E-state index in [0.29, 0.717) is 31.4 Å². The number of carbonyl (C=O) groups is 3. The summed E-state index contributed by atoms with van der Waals surface area (Å²) in [5, 5.41) is 12.6. The Bertz CT molecular complexity index is 981. The van der Waals surface area contributed by atoms with Gasteiger partial charge in [-0.25, -0.2) is 9.18 Å². The van der Waals surface area contributed by atoms with E-state index in [1.54, 1.807) is 31.2 Å². The topological polar surface area (TPSA) is 109 Å². The van der Waals surface area contributed by atoms with Gasteiger partial charge in [0.05, 0.1) is 36.7 Å². The zero-order valence-electron chi connectivity index (χ0n) is 20.1. The number of likely N-dealkylation sites (tertiary alicyclic amines) is 1. The summed E-state index contributed by atoms with van der Waals surface area (Å²) in [7, 11) is 0. The first-order valence-electron chi connectivity index (χ1n) is 12.3. The zero-order valence-corrected chi connectivity index (χ0v) is 20.1. The monoisotopic (exact) mass is 485 g/mol. The highest BCUT2D eigenvalue weighted by atomic mass is 19.1. The van der Waals surface area contributed by atoms with Crippen LogP contribution >= 0.6 is 0 Å². The molecule has 2 atom stereocenters. The minimum atomic E-state index is -1.15. The molecule has 4 aliphatic rings. The van der Waals surface area contributed by atoms with E-state index in [0.717, 1.165) is 24.8 Å². The van der Waals surface area contributed by atoms with Gasteiger partial charge in [0.2, 0.25) is 5.91 Å². The molecule has 1 amide bonds. The Labute approximate surface area is 204 Å². The smallest absolute Gasteiger partial charge is 0.338 e. The number of nitrogens with zero attached hydrogens (tertiary/aromatic N) is 2. The van der Waals surface area contributed by atoms with Crippen LogP contribution < -0.4 is 5.32 Å². The summed E-state index contributed by atoms with van der Waals surface area (Å²) in [6.07, 6.45) is 3.27. The van der Waals surface area contributed by atoms with Crippen molar-refractivity contribution in [2.24, 2.45) is 5.41 Å². The largest absolute Gasteiger partial charge is 0.462 e. The fourth-order valence-corrected chi connectivity index (χ4v) is 5.56. The Balaban J connectivity index is 1.26. The first kappa shape index (κ1) is 25.1. The molecule has 188 valence electrons. The lowest BCUT2D eigenvalue weighted by atomic mass is 9.57. The van der Waals surface area contributed by atoms with Gasteiger partial charge >= 0.3 is 11.9 Å². The number of alkyl halides is 1. The van der Waals surface area contributed by atoms with Crippen molar-refractivity contribution in [1.82, 2.24) is 10.2 Å². The molecule has 1 saturated heterocycles. The lowest BCUT2D eigenvalue weighted by molar-refractivity contribution is -0.165. The molecule has 0 unspecified atom stereocenters. The molecule has 35 heavy (non-hydrogen) atoms. The molecule has 1 N–H and O–H groups in total. The molecule has 0 radical (unpaired) electrons. The van der Waals surface area contributed by atoms with E-state index in [1.807, 2.05) is 6.07 Å². The Kier molecular flexibility index (Phi) is 7.41. The quantitative estimate of drug-likeness (QED) is 0.564. The van der Waals surface area contributed by atoms with E-state index in [1.165, 1.54) is 4.90 Å². The Morgan fingerprint density at radius 1 is 1.11 bits per heavy atom. The van der Waals surface area contributed by atoms with Crippen LogP contribution in [0, 0.1) is 16.7 Å². The minimum Gasteiger partial charge on any atom is -0.462 e. The number of hydrogen-bond donors (Lipinski definition) is 1. The van der Waals surface area contributed by atoms with Crippen molar-refractivity contribution in [2.45, 2.75) is 76.2 Å². The molecule has 0 aromatic heterocycles. The number of nitriles is 1. The van der Waals surface area contributed by atoms with Crippen LogP contribution in [0.3, 0.4) is 0 Å². The van der Waals surface area contributed by atoms with Gasteiger partial charge in [-0.15, -0.1) is 0 Å². The van der Waals surface area contributed by atoms with E-state index in [-0.39, 0.29) is 49.5 Å². The number of amides is 1. The maximum Gasteiger partial charge on any atom is 0.338 e. The number of ether oxygens (including phenoxy) is 2. The first-order valence-corrected chi connectivity index (χ1v) is 12.3. The third-order valence-corrected chi connectivity index (χ3v) is 7.85. The molecular weight excluding hydrogens is 453 g/mol. The van der Waals surface area contributed by atoms with Gasteiger partial charge in [-0.05, 0) is 63.1 Å². The van der Waals surface area contributed by atoms with Crippen molar-refractivity contribution in [1.29, 1.82) is 5.26 Å². The van der Waals surface area contributed by atoms with Gasteiger partial charge < -0.3 is 19.7 Å². The molecule has 5 rings (SSSR count). The third kappa shape index (κ3) is 5.32. The molecule has 8 nitrogen and oxygen atoms in total. The van der Waals surface area contributed by atoms with Gasteiger partial charge in [0.1, 0.15) is 18.8 Å². The van der Waals surface area contributed by atoms with Crippen LogP contribution in [0.5, 0.6) is 0 Å². The normalized spacial score (nSPS) is 29.5. The molecule has 2 bridgehead atoms. The molecule has 9 heteroatoms. The molecule has 1 aromatic carbocycles. The highest BCUT2D eigenvalue weighted by molar-refractivity contribution is 5.89. The van der Waals surface area contributed by atoms with Crippen LogP contribution in [0.4, 0.5) is 4.39 Å². The number of rotatable bonds is 8. The van der Waals surface area contributed by atoms with Crippen molar-refractivity contribution in [3.63, 3.8) is 0 Å². The Morgan fingerprint density at radius 3 is 2.37 bits per heavy atom. The second-order valence-corrected chi connectivity index (χ2v) is 9.93. The van der Waals surface area contributed by atoms with E-state index < -0.39 is 17.6 Å². The predicted molar refractivity (Wildman–Crippen MR) is 124 cm³/mol. The van der Waals surface area contributed by atoms with Gasteiger partial charge in [0.25, 0.3) is 0 Å². The number of hydrogen-bond acceptors (Lipinski definition) is 7. The van der Waals surface area contributed by atoms with Crippen molar-refractivity contribution in [2.75, 3.05) is 19.7 Å². The summed E-state index contributed by atoms with van der Waals surface area (Å²) in [6.45, 7) is 2.26. The average Bonchev–Trinajstić information content (AvgIpc) is 3.28. The average molecular weight is 486 g/mol. The highest BCUT2D eigenvalue weighted by Gasteiger charge is 2.53. The second-order valence-electron chi connectivity index (χ2n) is 9.93. The number of carbonyl (C=O) groups excluding carboxylic acids is 3. The maximum absolute atomic E-state index is 13.7. The van der Waals surface area contributed by atoms with Gasteiger partial charge in [-0.1, -0.05) is 12.1 Å². The van der Waals surface area contributed by atoms with Crippen LogP contribution in [0.2, 0.25) is 0 Å². The van der Waals surface area contributed by atoms with Crippen LogP contribution in [-0.4, -0.2) is 60.2 Å². The zero-order chi connectivity index (χ0) is 25.1. The number of esters is 2. The van der Waals surface area contributed by atoms with Crippen molar-refractivity contribution in [3.05, 3.63) is 35.4 Å². The molecule has 3 aliphatic carbocycles. The van der Waals surface area contributed by atoms with Gasteiger partial charge in [0.15, 0.2) is 0 Å². The third-order valence-electron chi connectivity index (χ3n) is 7.85. The fraction of sp³-hybridized carbons (Fsp3) is 0.615. The molecular formula is C26H32FN3O5. The standard InChI is InChI=1S/C26H32FN3O5/c1-2-34-23(32)19-5-3-18(4-6-19)17-35-24(33)25-7-10-26(11-8-25,12-9-25)29-15-22(31)30-16-20(27)13-21(30)14-28/h3-6,20-21,29H,2,7-13,15-17H2,1H3/t20-,21-,25?,26?/m0/s1. The van der Waals surface area contributed by atoms with Crippen molar-refractivity contribution in [3.8, 4) is 6.07 Å². The predicted octanol–water partition coefficient (Wildman–Crippen LogP) is 3.05. The van der Waals surface area contributed by atoms with Crippen LogP contribution in [0.1, 0.15) is 67.8 Å². The summed E-state index contributed by atoms with van der Waals surface area (Å²) in [4.78, 5) is 38.7. The van der Waals surface area contributed by atoms with Gasteiger partial charge in [0, 0.05) is 12.0 Å². The Hall–Kier alpha value is -2.99. The van der Waals surface area contributed by atoms with Gasteiger partial charge in [-0.3, -0.25) is 9.59 Å². The van der Waals surface area contributed by atoms with Crippen molar-refractivity contribution < 1.29 is 28.2 Å². The maximum atomic E-state index is 13.7. The van der Waals surface area contributed by atoms with E-state index in [9.17, 15) is 24.0 Å². The number of fused-ring (bicyclic) bond motifs is 3. The van der Waals surface area contributed by atoms with Crippen LogP contribution in [0.25, 0.3) is 0 Å². The molecule has 1 aliphatic heterocycles. The Morgan fingerprint density at radius 2 is 1.77 bits per heavy atom. The SMILES string of the molecule is CCOC(=O)c1ccc(COC(=O)C23CCC(NCC(=O)N4C[C@@H](F)C[C@H]4C#N)(CC2)CC3)cc1. The summed E-state index contributed by atoms with van der Waals surface area (Å²) in [5.74, 6) is -0.823. The van der Waals surface area contributed by atoms with E-state index in [2.05, 4.69) is 5.32 Å². The highest BCUT2D eigenvalue weighted by Crippen LogP contribution is 2.53. The lowest BCUT2D eigenvalue weighted by Crippen LogP contribution is -2.58. The number of benzene rings is 1. The summed E-state index contributed by atoms with van der Waals surface area (Å²) in [5.41, 5.74) is 0.551. The summed E-state index contributed by atoms with van der Waals surface area (Å²) < 4.78 is 24.3. The summed E-state index contributed by atoms with van der Waals surface area (Å²) >= 11 is 0. The fourth-order valence-electron chi connectivity index (χ4n) is 5.56. The lowest BCUT2D eigenvalue weighted by Gasteiger charge is -2.52. The van der Waals surface area contributed by atoms with E-state index in [4.69, 9.17) is 9.47 Å². The molecule has 0 spiro atoms. The van der Waals surface area contributed by atoms with Crippen LogP contribution in [-0.2, 0) is 25.7 Å². The number of nitrogens with one attached hydrogen (secondary N) is 1. The van der Waals surface area contributed by atoms with E-state index >= 15 is 0 Å². The molecule has 4 fully saturated rings. The minimum absolute atomic E-state index is 0.0216. The summed E-state index contributed by atoms with van der Waals surface area (Å²) in [6, 6.07) is 8.16. The van der Waals surface area contributed by atoms with Crippen molar-refractivity contribution >= 4 is 17.8 Å². The number of halogens is 1. The molecule has 3 saturated carbocycles. The molecule has 1 heterocycles. The molecule has 1 aromatic rings. The second kappa shape index (κ2) is 10.3. The van der Waals surface area contributed by atoms with Gasteiger partial charge in [-0.2, -0.15) is 5.26 Å². The van der Waals surface area contributed by atoms with Crippen LogP contribution in [0.15, 0.2) is 24.3 Å².